The summed E-state index contributed by atoms with van der Waals surface area (Å²) in [5.41, 5.74) is 0.942. The van der Waals surface area contributed by atoms with Crippen molar-refractivity contribution in [3.8, 4) is 0 Å². The molecular weight excluding hydrogens is 252 g/mol. The second kappa shape index (κ2) is 5.58. The molecule has 1 saturated carbocycles. The average molecular weight is 276 g/mol. The summed E-state index contributed by atoms with van der Waals surface area (Å²) in [6, 6.07) is 2.18. The lowest BCUT2D eigenvalue weighted by molar-refractivity contribution is -0.136. The van der Waals surface area contributed by atoms with Crippen LogP contribution in [0.25, 0.3) is 0 Å². The van der Waals surface area contributed by atoms with Crippen molar-refractivity contribution in [3.05, 3.63) is 17.5 Å². The minimum Gasteiger partial charge on any atom is -0.361 e. The van der Waals surface area contributed by atoms with E-state index in [4.69, 9.17) is 4.52 Å². The Kier molecular flexibility index (Phi) is 3.81. The Morgan fingerprint density at radius 3 is 2.70 bits per heavy atom. The van der Waals surface area contributed by atoms with E-state index in [0.29, 0.717) is 11.8 Å². The molecule has 1 aromatic rings. The molecule has 1 aliphatic heterocycles. The van der Waals surface area contributed by atoms with Gasteiger partial charge in [-0.05, 0) is 25.7 Å². The SMILES string of the molecule is CC(C)c1cc([C@@H]2CCCN2C(=O)C2CCCC2)no1. The highest BCUT2D eigenvalue weighted by molar-refractivity contribution is 5.79. The Morgan fingerprint density at radius 1 is 1.30 bits per heavy atom. The van der Waals surface area contributed by atoms with Gasteiger partial charge in [-0.25, -0.2) is 0 Å². The molecule has 3 rings (SSSR count). The first-order valence-electron chi connectivity index (χ1n) is 7.94. The van der Waals surface area contributed by atoms with E-state index in [9.17, 15) is 4.79 Å². The molecule has 0 aromatic carbocycles. The summed E-state index contributed by atoms with van der Waals surface area (Å²) < 4.78 is 5.40. The second-order valence-electron chi connectivity index (χ2n) is 6.48. The molecule has 0 unspecified atom stereocenters. The molecule has 1 amide bonds. The Balaban J connectivity index is 1.75. The number of amides is 1. The van der Waals surface area contributed by atoms with Crippen LogP contribution in [0.2, 0.25) is 0 Å². The first-order chi connectivity index (χ1) is 9.66. The van der Waals surface area contributed by atoms with Crippen molar-refractivity contribution in [2.24, 2.45) is 5.92 Å². The van der Waals surface area contributed by atoms with Crippen molar-refractivity contribution >= 4 is 5.91 Å². The van der Waals surface area contributed by atoms with E-state index in [0.717, 1.165) is 43.7 Å². The topological polar surface area (TPSA) is 46.3 Å². The van der Waals surface area contributed by atoms with Crippen LogP contribution < -0.4 is 0 Å². The van der Waals surface area contributed by atoms with Crippen molar-refractivity contribution in [1.29, 1.82) is 0 Å². The summed E-state index contributed by atoms with van der Waals surface area (Å²) in [5.74, 6) is 1.86. The monoisotopic (exact) mass is 276 g/mol. The van der Waals surface area contributed by atoms with E-state index in [1.807, 2.05) is 6.07 Å². The lowest BCUT2D eigenvalue weighted by Crippen LogP contribution is -2.34. The quantitative estimate of drug-likeness (QED) is 0.846. The fourth-order valence-electron chi connectivity index (χ4n) is 3.48. The third-order valence-electron chi connectivity index (χ3n) is 4.70. The van der Waals surface area contributed by atoms with Crippen LogP contribution in [0, 0.1) is 5.92 Å². The highest BCUT2D eigenvalue weighted by Crippen LogP contribution is 2.36. The van der Waals surface area contributed by atoms with Gasteiger partial charge in [-0.2, -0.15) is 0 Å². The number of carbonyl (C=O) groups is 1. The lowest BCUT2D eigenvalue weighted by atomic mass is 10.0. The van der Waals surface area contributed by atoms with Crippen molar-refractivity contribution in [2.45, 2.75) is 64.3 Å². The third-order valence-corrected chi connectivity index (χ3v) is 4.70. The van der Waals surface area contributed by atoms with E-state index in [-0.39, 0.29) is 12.0 Å². The maximum atomic E-state index is 12.6. The van der Waals surface area contributed by atoms with Crippen molar-refractivity contribution < 1.29 is 9.32 Å². The molecule has 20 heavy (non-hydrogen) atoms. The van der Waals surface area contributed by atoms with Gasteiger partial charge in [-0.3, -0.25) is 4.79 Å². The summed E-state index contributed by atoms with van der Waals surface area (Å²) in [4.78, 5) is 14.7. The maximum Gasteiger partial charge on any atom is 0.226 e. The summed E-state index contributed by atoms with van der Waals surface area (Å²) in [7, 11) is 0. The van der Waals surface area contributed by atoms with Crippen LogP contribution in [0.5, 0.6) is 0 Å². The molecule has 0 radical (unpaired) electrons. The Labute approximate surface area is 120 Å². The molecule has 4 nitrogen and oxygen atoms in total. The zero-order chi connectivity index (χ0) is 14.1. The number of hydrogen-bond donors (Lipinski definition) is 0. The molecule has 1 atom stereocenters. The minimum absolute atomic E-state index is 0.138. The molecule has 4 heteroatoms. The number of likely N-dealkylation sites (tertiary alicyclic amines) is 1. The van der Waals surface area contributed by atoms with Crippen molar-refractivity contribution in [2.75, 3.05) is 6.54 Å². The molecule has 0 spiro atoms. The van der Waals surface area contributed by atoms with Gasteiger partial charge in [-0.1, -0.05) is 31.8 Å². The number of carbonyl (C=O) groups excluding carboxylic acids is 1. The number of nitrogens with zero attached hydrogens (tertiary/aromatic N) is 2. The van der Waals surface area contributed by atoms with Crippen LogP contribution in [-0.2, 0) is 4.79 Å². The van der Waals surface area contributed by atoms with E-state index in [2.05, 4.69) is 23.9 Å². The fraction of sp³-hybridized carbons (Fsp3) is 0.750. The largest absolute Gasteiger partial charge is 0.361 e. The summed E-state index contributed by atoms with van der Waals surface area (Å²) >= 11 is 0. The van der Waals surface area contributed by atoms with E-state index < -0.39 is 0 Å². The van der Waals surface area contributed by atoms with Gasteiger partial charge in [0.25, 0.3) is 0 Å². The van der Waals surface area contributed by atoms with Crippen LogP contribution in [0.4, 0.5) is 0 Å². The van der Waals surface area contributed by atoms with Crippen LogP contribution in [0.15, 0.2) is 10.6 Å². The number of rotatable bonds is 3. The first kappa shape index (κ1) is 13.7. The van der Waals surface area contributed by atoms with Crippen LogP contribution >= 0.6 is 0 Å². The minimum atomic E-state index is 0.138. The first-order valence-corrected chi connectivity index (χ1v) is 7.94. The third kappa shape index (κ3) is 2.48. The highest BCUT2D eigenvalue weighted by Gasteiger charge is 2.36. The normalized spacial score (nSPS) is 23.9. The van der Waals surface area contributed by atoms with Crippen molar-refractivity contribution in [3.63, 3.8) is 0 Å². The molecular formula is C16H24N2O2. The molecule has 0 N–H and O–H groups in total. The lowest BCUT2D eigenvalue weighted by Gasteiger charge is -2.25. The van der Waals surface area contributed by atoms with Gasteiger partial charge < -0.3 is 9.42 Å². The summed E-state index contributed by atoms with van der Waals surface area (Å²) in [6.45, 7) is 5.07. The number of hydrogen-bond acceptors (Lipinski definition) is 3. The van der Waals surface area contributed by atoms with E-state index >= 15 is 0 Å². The molecule has 1 aromatic heterocycles. The Bertz CT molecular complexity index is 475. The molecule has 110 valence electrons. The zero-order valence-electron chi connectivity index (χ0n) is 12.5. The summed E-state index contributed by atoms with van der Waals surface area (Å²) in [5, 5.41) is 4.21. The van der Waals surface area contributed by atoms with E-state index in [1.165, 1.54) is 12.8 Å². The predicted octanol–water partition coefficient (Wildman–Crippen LogP) is 3.65. The van der Waals surface area contributed by atoms with Gasteiger partial charge in [-0.15, -0.1) is 0 Å². The molecule has 0 bridgehead atoms. The van der Waals surface area contributed by atoms with Crippen LogP contribution in [-0.4, -0.2) is 22.5 Å². The van der Waals surface area contributed by atoms with Gasteiger partial charge in [0.1, 0.15) is 11.5 Å². The van der Waals surface area contributed by atoms with Crippen LogP contribution in [0.3, 0.4) is 0 Å². The average Bonchev–Trinajstić information content (AvgIpc) is 3.17. The predicted molar refractivity (Wildman–Crippen MR) is 76.2 cm³/mol. The fourth-order valence-corrected chi connectivity index (χ4v) is 3.48. The maximum absolute atomic E-state index is 12.6. The summed E-state index contributed by atoms with van der Waals surface area (Å²) in [6.07, 6.45) is 6.64. The van der Waals surface area contributed by atoms with Crippen LogP contribution in [0.1, 0.15) is 75.8 Å². The van der Waals surface area contributed by atoms with Gasteiger partial charge >= 0.3 is 0 Å². The van der Waals surface area contributed by atoms with Gasteiger partial charge in [0, 0.05) is 24.4 Å². The molecule has 1 aliphatic carbocycles. The molecule has 2 aliphatic rings. The molecule has 2 fully saturated rings. The van der Waals surface area contributed by atoms with Crippen molar-refractivity contribution in [1.82, 2.24) is 10.1 Å². The number of aromatic nitrogens is 1. The Hall–Kier alpha value is -1.32. The van der Waals surface area contributed by atoms with Gasteiger partial charge in [0.2, 0.25) is 5.91 Å². The Morgan fingerprint density at radius 2 is 2.05 bits per heavy atom. The molecule has 2 heterocycles. The zero-order valence-corrected chi connectivity index (χ0v) is 12.5. The van der Waals surface area contributed by atoms with E-state index in [1.54, 1.807) is 0 Å². The standard InChI is InChI=1S/C16H24N2O2/c1-11(2)15-10-13(17-20-15)14-8-5-9-18(14)16(19)12-6-3-4-7-12/h10-12,14H,3-9H2,1-2H3/t14-/m0/s1. The second-order valence-corrected chi connectivity index (χ2v) is 6.48. The molecule has 1 saturated heterocycles. The van der Waals surface area contributed by atoms with Gasteiger partial charge in [0.15, 0.2) is 0 Å². The smallest absolute Gasteiger partial charge is 0.226 e. The highest BCUT2D eigenvalue weighted by atomic mass is 16.5. The van der Waals surface area contributed by atoms with Gasteiger partial charge in [0.05, 0.1) is 6.04 Å².